The van der Waals surface area contributed by atoms with E-state index in [4.69, 9.17) is 9.47 Å². The lowest BCUT2D eigenvalue weighted by atomic mass is 10.0. The molecule has 11 heteroatoms. The van der Waals surface area contributed by atoms with Gasteiger partial charge in [0.15, 0.2) is 16.5 Å². The van der Waals surface area contributed by atoms with Gasteiger partial charge in [-0.15, -0.1) is 10.2 Å². The second-order valence-electron chi connectivity index (χ2n) is 8.88. The predicted molar refractivity (Wildman–Crippen MR) is 133 cm³/mol. The van der Waals surface area contributed by atoms with Crippen LogP contribution in [0.5, 0.6) is 5.75 Å². The Bertz CT molecular complexity index is 1270. The minimum absolute atomic E-state index is 0.0263. The fourth-order valence-corrected chi connectivity index (χ4v) is 5.04. The second kappa shape index (κ2) is 11.3. The predicted octanol–water partition coefficient (Wildman–Crippen LogP) is 3.26. The van der Waals surface area contributed by atoms with Crippen molar-refractivity contribution in [1.82, 2.24) is 19.7 Å². The third-order valence-electron chi connectivity index (χ3n) is 6.09. The van der Waals surface area contributed by atoms with Gasteiger partial charge in [0.1, 0.15) is 10.8 Å². The summed E-state index contributed by atoms with van der Waals surface area (Å²) in [6, 6.07) is 5.78. The van der Waals surface area contributed by atoms with Crippen molar-refractivity contribution in [2.75, 3.05) is 33.5 Å². The molecule has 9 nitrogen and oxygen atoms in total. The lowest BCUT2D eigenvalue weighted by Gasteiger charge is -2.38. The zero-order chi connectivity index (χ0) is 25.8. The highest BCUT2D eigenvalue weighted by atomic mass is 32.1. The molecule has 1 aliphatic heterocycles. The molecule has 192 valence electrons. The molecule has 0 radical (unpaired) electrons. The second-order valence-corrected chi connectivity index (χ2v) is 9.94. The Morgan fingerprint density at radius 2 is 1.92 bits per heavy atom. The highest BCUT2D eigenvalue weighted by Crippen LogP contribution is 2.32. The molecular formula is C25H29FN4O5S. The number of nitrogens with zero attached hydrogens (tertiary/aromatic N) is 4. The molecule has 0 fully saturated rings. The molecule has 0 unspecified atom stereocenters. The van der Waals surface area contributed by atoms with Gasteiger partial charge in [-0.2, -0.15) is 0 Å². The van der Waals surface area contributed by atoms with Gasteiger partial charge in [0.25, 0.3) is 5.91 Å². The Labute approximate surface area is 212 Å². The zero-order valence-electron chi connectivity index (χ0n) is 20.4. The van der Waals surface area contributed by atoms with Gasteiger partial charge in [0.2, 0.25) is 5.43 Å². The van der Waals surface area contributed by atoms with Crippen molar-refractivity contribution in [3.8, 4) is 16.3 Å². The van der Waals surface area contributed by atoms with E-state index >= 15 is 0 Å². The molecule has 1 amide bonds. The number of carbonyl (C=O) groups is 1. The van der Waals surface area contributed by atoms with E-state index in [0.717, 1.165) is 5.56 Å². The smallest absolute Gasteiger partial charge is 0.274 e. The molecule has 1 N–H and O–H groups in total. The molecule has 36 heavy (non-hydrogen) atoms. The van der Waals surface area contributed by atoms with Gasteiger partial charge in [-0.05, 0) is 38.0 Å². The number of methoxy groups -OCH3 is 1. The fraction of sp³-hybridized carbons (Fsp3) is 0.440. The number of amides is 1. The first-order valence-electron chi connectivity index (χ1n) is 11.7. The normalized spacial score (nSPS) is 15.5. The maximum absolute atomic E-state index is 13.2. The Hall–Kier alpha value is -3.15. The molecule has 1 aromatic carbocycles. The van der Waals surface area contributed by atoms with Crippen molar-refractivity contribution >= 4 is 17.2 Å². The number of hydrogen-bond donors (Lipinski definition) is 1. The topological polar surface area (TPSA) is 107 Å². The highest BCUT2D eigenvalue weighted by Gasteiger charge is 2.36. The minimum Gasteiger partial charge on any atom is -0.503 e. The van der Waals surface area contributed by atoms with E-state index in [9.17, 15) is 19.1 Å². The van der Waals surface area contributed by atoms with Crippen LogP contribution < -0.4 is 5.43 Å². The third-order valence-corrected chi connectivity index (χ3v) is 7.05. The highest BCUT2D eigenvalue weighted by molar-refractivity contribution is 7.14. The number of hydrogen-bond acceptors (Lipinski definition) is 8. The Morgan fingerprint density at radius 3 is 2.61 bits per heavy atom. The van der Waals surface area contributed by atoms with E-state index in [1.54, 1.807) is 34.9 Å². The minimum atomic E-state index is -0.667. The molecular weight excluding hydrogens is 487 g/mol. The van der Waals surface area contributed by atoms with Crippen LogP contribution in [-0.4, -0.2) is 70.2 Å². The third kappa shape index (κ3) is 5.48. The van der Waals surface area contributed by atoms with Crippen LogP contribution in [0.1, 0.15) is 47.4 Å². The molecule has 0 bridgehead atoms. The van der Waals surface area contributed by atoms with Gasteiger partial charge in [-0.25, -0.2) is 4.39 Å². The van der Waals surface area contributed by atoms with Crippen molar-refractivity contribution < 1.29 is 23.8 Å². The van der Waals surface area contributed by atoms with Gasteiger partial charge in [0.05, 0.1) is 24.8 Å². The number of fused-ring (bicyclic) bond motifs is 1. The first-order valence-corrected chi connectivity index (χ1v) is 12.5. The number of ether oxygens (including phenoxy) is 2. The summed E-state index contributed by atoms with van der Waals surface area (Å²) in [5.74, 6) is -1.31. The van der Waals surface area contributed by atoms with E-state index in [1.165, 1.54) is 23.5 Å². The maximum atomic E-state index is 13.2. The SMILES string of the molecule is COCCOCC[C@H]1CN(C(C)C)C(=O)c2c(O)c(=O)c(-c3nnc(Cc4ccc(F)cc4)s3)cn21. The summed E-state index contributed by atoms with van der Waals surface area (Å²) in [5.41, 5.74) is 0.341. The van der Waals surface area contributed by atoms with Crippen LogP contribution in [0, 0.1) is 5.82 Å². The molecule has 0 spiro atoms. The van der Waals surface area contributed by atoms with Crippen LogP contribution in [0.15, 0.2) is 35.3 Å². The number of rotatable bonds is 10. The molecule has 1 atom stereocenters. The van der Waals surface area contributed by atoms with Gasteiger partial charge >= 0.3 is 0 Å². The fourth-order valence-electron chi connectivity index (χ4n) is 4.16. The standard InChI is InChI=1S/C25H29FN4O5S/c1-15(2)29-13-18(8-9-35-11-10-34-3)30-14-19(22(31)23(32)21(30)25(29)33)24-28-27-20(36-24)12-16-4-6-17(26)7-5-16/h4-7,14-15,18,32H,8-13H2,1-3H3/t18-/m0/s1. The van der Waals surface area contributed by atoms with E-state index in [1.807, 2.05) is 13.8 Å². The zero-order valence-corrected chi connectivity index (χ0v) is 21.3. The summed E-state index contributed by atoms with van der Waals surface area (Å²) in [7, 11) is 1.60. The van der Waals surface area contributed by atoms with E-state index < -0.39 is 17.1 Å². The van der Waals surface area contributed by atoms with Crippen molar-refractivity contribution in [2.45, 2.75) is 38.8 Å². The summed E-state index contributed by atoms with van der Waals surface area (Å²) in [5, 5.41) is 20.2. The number of halogens is 1. The average Bonchev–Trinajstić information content (AvgIpc) is 3.31. The van der Waals surface area contributed by atoms with Crippen LogP contribution in [0.25, 0.3) is 10.6 Å². The maximum Gasteiger partial charge on any atom is 0.274 e. The van der Waals surface area contributed by atoms with Crippen LogP contribution in [0.4, 0.5) is 4.39 Å². The first-order chi connectivity index (χ1) is 17.3. The number of benzene rings is 1. The summed E-state index contributed by atoms with van der Waals surface area (Å²) in [6.45, 7) is 5.57. The average molecular weight is 517 g/mol. The van der Waals surface area contributed by atoms with Crippen molar-refractivity contribution in [2.24, 2.45) is 0 Å². The number of carbonyl (C=O) groups excluding carboxylic acids is 1. The Kier molecular flexibility index (Phi) is 8.12. The van der Waals surface area contributed by atoms with E-state index in [2.05, 4.69) is 10.2 Å². The Balaban J connectivity index is 1.66. The number of pyridine rings is 1. The first kappa shape index (κ1) is 25.9. The number of aromatic hydroxyl groups is 1. The van der Waals surface area contributed by atoms with Gasteiger partial charge in [-0.3, -0.25) is 9.59 Å². The molecule has 0 aliphatic carbocycles. The summed E-state index contributed by atoms with van der Waals surface area (Å²) < 4.78 is 25.5. The van der Waals surface area contributed by atoms with E-state index in [-0.39, 0.29) is 29.2 Å². The lowest BCUT2D eigenvalue weighted by molar-refractivity contribution is 0.0473. The van der Waals surface area contributed by atoms with Crippen molar-refractivity contribution in [1.29, 1.82) is 0 Å². The largest absolute Gasteiger partial charge is 0.503 e. The molecule has 0 saturated heterocycles. The van der Waals surface area contributed by atoms with E-state index in [0.29, 0.717) is 49.2 Å². The van der Waals surface area contributed by atoms with Crippen LogP contribution in [-0.2, 0) is 15.9 Å². The summed E-state index contributed by atoms with van der Waals surface area (Å²) >= 11 is 1.22. The monoisotopic (exact) mass is 516 g/mol. The molecule has 0 saturated carbocycles. The van der Waals surface area contributed by atoms with Crippen molar-refractivity contribution in [3.63, 3.8) is 0 Å². The lowest BCUT2D eigenvalue weighted by Crippen LogP contribution is -2.47. The Morgan fingerprint density at radius 1 is 1.17 bits per heavy atom. The molecule has 2 aromatic heterocycles. The van der Waals surface area contributed by atoms with Gasteiger partial charge in [-0.1, -0.05) is 23.5 Å². The van der Waals surface area contributed by atoms with Crippen LogP contribution in [0.3, 0.4) is 0 Å². The quantitative estimate of drug-likeness (QED) is 0.412. The molecule has 3 heterocycles. The van der Waals surface area contributed by atoms with Crippen molar-refractivity contribution in [3.05, 3.63) is 62.8 Å². The molecule has 1 aliphatic rings. The van der Waals surface area contributed by atoms with Gasteiger partial charge in [0, 0.05) is 38.9 Å². The summed E-state index contributed by atoms with van der Waals surface area (Å²) in [4.78, 5) is 28.0. The number of aromatic nitrogens is 3. The molecule has 4 rings (SSSR count). The van der Waals surface area contributed by atoms with Crippen LogP contribution in [0.2, 0.25) is 0 Å². The molecule has 3 aromatic rings. The van der Waals surface area contributed by atoms with Gasteiger partial charge < -0.3 is 24.0 Å². The van der Waals surface area contributed by atoms with Crippen LogP contribution >= 0.6 is 11.3 Å². The summed E-state index contributed by atoms with van der Waals surface area (Å²) in [6.07, 6.45) is 2.59.